The zero-order valence-electron chi connectivity index (χ0n) is 14.1. The minimum absolute atomic E-state index is 0.113. The molecule has 0 unspecified atom stereocenters. The molecule has 2 heterocycles. The van der Waals surface area contributed by atoms with Crippen LogP contribution in [0.3, 0.4) is 0 Å². The zero-order valence-corrected chi connectivity index (χ0v) is 15.6. The second-order valence-corrected chi connectivity index (χ2v) is 6.36. The molecule has 7 nitrogen and oxygen atoms in total. The van der Waals surface area contributed by atoms with E-state index in [-0.39, 0.29) is 24.8 Å². The highest BCUT2D eigenvalue weighted by Gasteiger charge is 2.19. The molecule has 1 aromatic carbocycles. The Balaban J connectivity index is 1.92. The number of benzene rings is 1. The molecular weight excluding hydrogens is 400 g/mol. The van der Waals surface area contributed by atoms with Crippen molar-refractivity contribution in [3.05, 3.63) is 65.0 Å². The first kappa shape index (κ1) is 17.9. The number of nitrogens with zero attached hydrogens (tertiary/aromatic N) is 3. The quantitative estimate of drug-likeness (QED) is 0.626. The number of ether oxygens (including phenoxy) is 1. The number of halogens is 1. The van der Waals surface area contributed by atoms with E-state index in [1.165, 1.54) is 13.3 Å². The van der Waals surface area contributed by atoms with Gasteiger partial charge in [-0.15, -0.1) is 0 Å². The van der Waals surface area contributed by atoms with Crippen LogP contribution in [-0.4, -0.2) is 39.9 Å². The molecule has 0 aliphatic rings. The number of hydrogen-bond acceptors (Lipinski definition) is 4. The van der Waals surface area contributed by atoms with Crippen LogP contribution in [0.2, 0.25) is 0 Å². The van der Waals surface area contributed by atoms with E-state index in [9.17, 15) is 9.59 Å². The number of carbonyl (C=O) groups excluding carboxylic acids is 2. The summed E-state index contributed by atoms with van der Waals surface area (Å²) >= 11 is 3.41. The van der Waals surface area contributed by atoms with Crippen molar-refractivity contribution in [1.82, 2.24) is 19.7 Å². The largest absolute Gasteiger partial charge is 0.469 e. The number of amides is 1. The van der Waals surface area contributed by atoms with Crippen LogP contribution in [0, 0.1) is 0 Å². The van der Waals surface area contributed by atoms with Gasteiger partial charge in [0, 0.05) is 23.4 Å². The van der Waals surface area contributed by atoms with E-state index in [0.29, 0.717) is 11.4 Å². The summed E-state index contributed by atoms with van der Waals surface area (Å²) in [6, 6.07) is 11.4. The predicted molar refractivity (Wildman–Crippen MR) is 99.6 cm³/mol. The summed E-state index contributed by atoms with van der Waals surface area (Å²) in [5.74, 6) is -0.0599. The molecular formula is C18H17BrN4O3. The molecule has 0 aliphatic carbocycles. The molecule has 134 valence electrons. The van der Waals surface area contributed by atoms with Gasteiger partial charge >= 0.3 is 5.97 Å². The number of methoxy groups -OCH3 is 1. The van der Waals surface area contributed by atoms with Crippen molar-refractivity contribution < 1.29 is 14.3 Å². The minimum atomic E-state index is -0.374. The van der Waals surface area contributed by atoms with Crippen LogP contribution in [-0.2, 0) is 9.53 Å². The van der Waals surface area contributed by atoms with Gasteiger partial charge in [-0.2, -0.15) is 5.10 Å². The van der Waals surface area contributed by atoms with E-state index < -0.39 is 0 Å². The lowest BCUT2D eigenvalue weighted by Gasteiger charge is -2.11. The lowest BCUT2D eigenvalue weighted by atomic mass is 10.2. The number of esters is 1. The lowest BCUT2D eigenvalue weighted by molar-refractivity contribution is -0.140. The molecule has 0 saturated heterocycles. The number of hydrogen-bond donors (Lipinski definition) is 1. The predicted octanol–water partition coefficient (Wildman–Crippen LogP) is 2.72. The highest BCUT2D eigenvalue weighted by molar-refractivity contribution is 9.10. The minimum Gasteiger partial charge on any atom is -0.469 e. The van der Waals surface area contributed by atoms with Crippen LogP contribution >= 0.6 is 15.9 Å². The number of carbonyl (C=O) groups is 2. The second-order valence-electron chi connectivity index (χ2n) is 5.44. The first-order chi connectivity index (χ1) is 12.6. The second kappa shape index (κ2) is 8.01. The summed E-state index contributed by atoms with van der Waals surface area (Å²) in [5, 5.41) is 7.11. The van der Waals surface area contributed by atoms with Crippen molar-refractivity contribution in [2.24, 2.45) is 0 Å². The Labute approximate surface area is 158 Å². The van der Waals surface area contributed by atoms with Crippen molar-refractivity contribution in [1.29, 1.82) is 0 Å². The Morgan fingerprint density at radius 2 is 1.88 bits per heavy atom. The van der Waals surface area contributed by atoms with Crippen LogP contribution in [0.15, 0.2) is 59.5 Å². The fraction of sp³-hybridized carbons (Fsp3) is 0.167. The maximum absolute atomic E-state index is 12.6. The third kappa shape index (κ3) is 3.85. The number of nitrogens with one attached hydrogen (secondary N) is 1. The molecule has 0 bridgehead atoms. The zero-order chi connectivity index (χ0) is 18.5. The van der Waals surface area contributed by atoms with E-state index in [4.69, 9.17) is 0 Å². The van der Waals surface area contributed by atoms with E-state index in [0.717, 1.165) is 10.2 Å². The molecule has 0 aliphatic heterocycles. The van der Waals surface area contributed by atoms with E-state index in [2.05, 4.69) is 31.1 Å². The monoisotopic (exact) mass is 416 g/mol. The summed E-state index contributed by atoms with van der Waals surface area (Å²) < 4.78 is 9.05. The normalized spacial score (nSPS) is 10.5. The summed E-state index contributed by atoms with van der Waals surface area (Å²) in [7, 11) is 1.32. The standard InChI is InChI=1S/C18H17BrN4O3/c1-26-16(24)8-9-20-17(25)15-12-21-23(14-6-4-13(19)5-7-14)18(15)22-10-2-3-11-22/h2-7,10-12H,8-9H2,1H3,(H,20,25). The van der Waals surface area contributed by atoms with E-state index >= 15 is 0 Å². The van der Waals surface area contributed by atoms with Gasteiger partial charge in [-0.1, -0.05) is 15.9 Å². The molecule has 0 spiro atoms. The van der Waals surface area contributed by atoms with Gasteiger partial charge in [0.05, 0.1) is 25.4 Å². The molecule has 3 aromatic rings. The smallest absolute Gasteiger partial charge is 0.307 e. The van der Waals surface area contributed by atoms with Gasteiger partial charge in [0.2, 0.25) is 0 Å². The fourth-order valence-corrected chi connectivity index (χ4v) is 2.74. The van der Waals surface area contributed by atoms with Crippen LogP contribution < -0.4 is 5.32 Å². The van der Waals surface area contributed by atoms with Crippen LogP contribution in [0.25, 0.3) is 11.5 Å². The number of aromatic nitrogens is 3. The van der Waals surface area contributed by atoms with Gasteiger partial charge in [-0.3, -0.25) is 9.59 Å². The molecule has 3 rings (SSSR count). The average Bonchev–Trinajstić information content (AvgIpc) is 3.31. The third-order valence-electron chi connectivity index (χ3n) is 3.75. The Morgan fingerprint density at radius 3 is 2.54 bits per heavy atom. The Hall–Kier alpha value is -2.87. The van der Waals surface area contributed by atoms with Crippen LogP contribution in [0.4, 0.5) is 0 Å². The molecule has 8 heteroatoms. The highest BCUT2D eigenvalue weighted by Crippen LogP contribution is 2.21. The number of rotatable bonds is 6. The van der Waals surface area contributed by atoms with Crippen LogP contribution in [0.5, 0.6) is 0 Å². The molecule has 2 aromatic heterocycles. The maximum atomic E-state index is 12.6. The van der Waals surface area contributed by atoms with Crippen molar-refractivity contribution in [2.45, 2.75) is 6.42 Å². The summed E-state index contributed by atoms with van der Waals surface area (Å²) in [6.07, 6.45) is 5.32. The summed E-state index contributed by atoms with van der Waals surface area (Å²) in [5.41, 5.74) is 1.24. The first-order valence-corrected chi connectivity index (χ1v) is 8.72. The molecule has 26 heavy (non-hydrogen) atoms. The molecule has 0 radical (unpaired) electrons. The van der Waals surface area contributed by atoms with E-state index in [1.807, 2.05) is 53.4 Å². The van der Waals surface area contributed by atoms with Gasteiger partial charge in [0.25, 0.3) is 5.91 Å². The van der Waals surface area contributed by atoms with Gasteiger partial charge in [-0.25, -0.2) is 4.68 Å². The van der Waals surface area contributed by atoms with Crippen molar-refractivity contribution in [2.75, 3.05) is 13.7 Å². The molecule has 1 N–H and O–H groups in total. The third-order valence-corrected chi connectivity index (χ3v) is 4.28. The Bertz CT molecular complexity index is 901. The molecule has 0 saturated carbocycles. The van der Waals surface area contributed by atoms with E-state index in [1.54, 1.807) is 4.68 Å². The summed E-state index contributed by atoms with van der Waals surface area (Å²) in [6.45, 7) is 0.195. The highest BCUT2D eigenvalue weighted by atomic mass is 79.9. The van der Waals surface area contributed by atoms with Crippen molar-refractivity contribution in [3.63, 3.8) is 0 Å². The fourth-order valence-electron chi connectivity index (χ4n) is 2.47. The topological polar surface area (TPSA) is 78.2 Å². The Kier molecular flexibility index (Phi) is 5.52. The average molecular weight is 417 g/mol. The van der Waals surface area contributed by atoms with Gasteiger partial charge in [-0.05, 0) is 36.4 Å². The summed E-state index contributed by atoms with van der Waals surface area (Å²) in [4.78, 5) is 23.8. The van der Waals surface area contributed by atoms with Gasteiger partial charge < -0.3 is 14.6 Å². The lowest BCUT2D eigenvalue weighted by Crippen LogP contribution is -2.27. The Morgan fingerprint density at radius 1 is 1.19 bits per heavy atom. The molecule has 0 atom stereocenters. The molecule has 0 fully saturated rings. The van der Waals surface area contributed by atoms with Gasteiger partial charge in [0.15, 0.2) is 5.82 Å². The SMILES string of the molecule is COC(=O)CCNC(=O)c1cnn(-c2ccc(Br)cc2)c1-n1cccc1. The van der Waals surface area contributed by atoms with Crippen molar-refractivity contribution >= 4 is 27.8 Å². The molecule has 1 amide bonds. The van der Waals surface area contributed by atoms with Gasteiger partial charge in [0.1, 0.15) is 5.56 Å². The van der Waals surface area contributed by atoms with Crippen LogP contribution in [0.1, 0.15) is 16.8 Å². The van der Waals surface area contributed by atoms with Crippen molar-refractivity contribution in [3.8, 4) is 11.5 Å². The maximum Gasteiger partial charge on any atom is 0.307 e. The first-order valence-electron chi connectivity index (χ1n) is 7.92.